The number of nitro benzene ring substituents is 1. The topological polar surface area (TPSA) is 81.9 Å². The predicted molar refractivity (Wildman–Crippen MR) is 92.7 cm³/mol. The first-order chi connectivity index (χ1) is 12.9. The lowest BCUT2D eigenvalue weighted by Crippen LogP contribution is -2.36. The second-order valence-electron chi connectivity index (χ2n) is 5.85. The van der Waals surface area contributed by atoms with Gasteiger partial charge in [-0.05, 0) is 36.6 Å². The molecule has 0 saturated heterocycles. The second kappa shape index (κ2) is 7.56. The number of halogens is 2. The van der Waals surface area contributed by atoms with Crippen molar-refractivity contribution in [2.75, 3.05) is 18.6 Å². The average molecular weight is 378 g/mol. The number of carbonyl (C=O) groups excluding carboxylic acids is 1. The first-order valence-corrected chi connectivity index (χ1v) is 8.13. The van der Waals surface area contributed by atoms with Gasteiger partial charge in [0.2, 0.25) is 0 Å². The number of ether oxygens (including phenoxy) is 2. The van der Waals surface area contributed by atoms with Crippen molar-refractivity contribution in [3.8, 4) is 11.5 Å². The number of hydrogen-bond donors (Lipinski definition) is 0. The Hall–Kier alpha value is -3.23. The van der Waals surface area contributed by atoms with Crippen molar-refractivity contribution < 1.29 is 28.0 Å². The maximum Gasteiger partial charge on any atom is 0.387 e. The molecule has 9 heteroatoms. The number of hydrogen-bond acceptors (Lipinski definition) is 5. The number of alkyl halides is 2. The summed E-state index contributed by atoms with van der Waals surface area (Å²) in [7, 11) is 1.29. The third-order valence-corrected chi connectivity index (χ3v) is 4.26. The second-order valence-corrected chi connectivity index (χ2v) is 5.85. The average Bonchev–Trinajstić information content (AvgIpc) is 2.66. The third-order valence-electron chi connectivity index (χ3n) is 4.26. The van der Waals surface area contributed by atoms with E-state index in [1.807, 2.05) is 0 Å². The molecule has 27 heavy (non-hydrogen) atoms. The molecule has 0 fully saturated rings. The lowest BCUT2D eigenvalue weighted by molar-refractivity contribution is -0.385. The van der Waals surface area contributed by atoms with Crippen molar-refractivity contribution in [2.24, 2.45) is 0 Å². The summed E-state index contributed by atoms with van der Waals surface area (Å²) in [5, 5.41) is 11.2. The number of amides is 1. The molecular weight excluding hydrogens is 362 g/mol. The van der Waals surface area contributed by atoms with Gasteiger partial charge in [0.15, 0.2) is 5.75 Å². The van der Waals surface area contributed by atoms with Crippen LogP contribution in [0.25, 0.3) is 0 Å². The Bertz CT molecular complexity index is 888. The summed E-state index contributed by atoms with van der Waals surface area (Å²) in [6, 6.07) is 8.54. The number of benzene rings is 2. The zero-order chi connectivity index (χ0) is 19.6. The van der Waals surface area contributed by atoms with E-state index in [0.717, 1.165) is 6.07 Å². The Balaban J connectivity index is 2.03. The molecule has 1 aliphatic rings. The van der Waals surface area contributed by atoms with Gasteiger partial charge >= 0.3 is 12.3 Å². The first kappa shape index (κ1) is 18.6. The van der Waals surface area contributed by atoms with E-state index in [0.29, 0.717) is 18.4 Å². The Labute approximate surface area is 153 Å². The predicted octanol–water partition coefficient (Wildman–Crippen LogP) is 3.80. The van der Waals surface area contributed by atoms with E-state index in [1.54, 1.807) is 12.1 Å². The SMILES string of the molecule is COc1ccc(C(=O)N2CCCc3cccc(OC(F)F)c32)cc1[N+](=O)[O-]. The zero-order valence-electron chi connectivity index (χ0n) is 14.4. The van der Waals surface area contributed by atoms with Crippen molar-refractivity contribution in [2.45, 2.75) is 19.5 Å². The fraction of sp³-hybridized carbons (Fsp3) is 0.278. The number of rotatable bonds is 5. The minimum atomic E-state index is -3.03. The lowest BCUT2D eigenvalue weighted by Gasteiger charge is -2.31. The van der Waals surface area contributed by atoms with Crippen LogP contribution in [0.3, 0.4) is 0 Å². The van der Waals surface area contributed by atoms with Crippen LogP contribution in [0.4, 0.5) is 20.2 Å². The van der Waals surface area contributed by atoms with Gasteiger partial charge in [-0.25, -0.2) is 0 Å². The monoisotopic (exact) mass is 378 g/mol. The summed E-state index contributed by atoms with van der Waals surface area (Å²) in [6.45, 7) is -2.74. The molecule has 0 aromatic heterocycles. The molecule has 1 heterocycles. The van der Waals surface area contributed by atoms with Gasteiger partial charge < -0.3 is 14.4 Å². The van der Waals surface area contributed by atoms with Gasteiger partial charge in [-0.3, -0.25) is 14.9 Å². The first-order valence-electron chi connectivity index (χ1n) is 8.13. The number of aryl methyl sites for hydroxylation is 1. The summed E-state index contributed by atoms with van der Waals surface area (Å²) < 4.78 is 35.0. The van der Waals surface area contributed by atoms with E-state index in [9.17, 15) is 23.7 Å². The molecule has 0 spiro atoms. The number of nitrogens with zero attached hydrogens (tertiary/aromatic N) is 2. The van der Waals surface area contributed by atoms with Crippen LogP contribution in [0.15, 0.2) is 36.4 Å². The maximum absolute atomic E-state index is 13.0. The van der Waals surface area contributed by atoms with Crippen LogP contribution < -0.4 is 14.4 Å². The molecule has 1 amide bonds. The smallest absolute Gasteiger partial charge is 0.387 e. The molecular formula is C18H16F2N2O5. The highest BCUT2D eigenvalue weighted by atomic mass is 19.3. The number of carbonyl (C=O) groups is 1. The number of fused-ring (bicyclic) bond motifs is 1. The van der Waals surface area contributed by atoms with Crippen molar-refractivity contribution in [1.29, 1.82) is 0 Å². The van der Waals surface area contributed by atoms with Gasteiger partial charge in [0, 0.05) is 18.2 Å². The fourth-order valence-electron chi connectivity index (χ4n) is 3.13. The number of methoxy groups -OCH3 is 1. The molecule has 0 N–H and O–H groups in total. The van der Waals surface area contributed by atoms with Crippen molar-refractivity contribution in [3.63, 3.8) is 0 Å². The van der Waals surface area contributed by atoms with Crippen LogP contribution in [-0.2, 0) is 6.42 Å². The zero-order valence-corrected chi connectivity index (χ0v) is 14.4. The van der Waals surface area contributed by atoms with E-state index in [2.05, 4.69) is 4.74 Å². The van der Waals surface area contributed by atoms with Crippen molar-refractivity contribution in [1.82, 2.24) is 0 Å². The van der Waals surface area contributed by atoms with E-state index < -0.39 is 17.4 Å². The van der Waals surface area contributed by atoms with Gasteiger partial charge in [-0.15, -0.1) is 0 Å². The van der Waals surface area contributed by atoms with E-state index in [4.69, 9.17) is 4.74 Å². The summed E-state index contributed by atoms with van der Waals surface area (Å²) in [5.74, 6) is -0.608. The molecule has 1 aliphatic heterocycles. The maximum atomic E-state index is 13.0. The molecule has 0 saturated carbocycles. The number of para-hydroxylation sites is 1. The molecule has 2 aromatic carbocycles. The highest BCUT2D eigenvalue weighted by Gasteiger charge is 2.29. The Kier molecular flexibility index (Phi) is 5.20. The van der Waals surface area contributed by atoms with Crippen LogP contribution in [0, 0.1) is 10.1 Å². The summed E-state index contributed by atoms with van der Waals surface area (Å²) in [4.78, 5) is 24.9. The molecule has 0 atom stereocenters. The number of anilines is 1. The fourth-order valence-corrected chi connectivity index (χ4v) is 3.13. The van der Waals surface area contributed by atoms with E-state index >= 15 is 0 Å². The summed E-state index contributed by atoms with van der Waals surface area (Å²) in [6.07, 6.45) is 1.25. The molecule has 7 nitrogen and oxygen atoms in total. The van der Waals surface area contributed by atoms with Crippen molar-refractivity contribution >= 4 is 17.3 Å². The highest BCUT2D eigenvalue weighted by molar-refractivity contribution is 6.08. The van der Waals surface area contributed by atoms with Gasteiger partial charge in [-0.2, -0.15) is 8.78 Å². The van der Waals surface area contributed by atoms with Crippen LogP contribution in [0.2, 0.25) is 0 Å². The summed E-state index contributed by atoms with van der Waals surface area (Å²) >= 11 is 0. The normalized spacial score (nSPS) is 13.3. The van der Waals surface area contributed by atoms with E-state index in [1.165, 1.54) is 30.2 Å². The third kappa shape index (κ3) is 3.67. The lowest BCUT2D eigenvalue weighted by atomic mass is 10.00. The van der Waals surface area contributed by atoms with Gasteiger partial charge in [0.25, 0.3) is 5.91 Å². The highest BCUT2D eigenvalue weighted by Crippen LogP contribution is 2.38. The van der Waals surface area contributed by atoms with Crippen LogP contribution >= 0.6 is 0 Å². The van der Waals surface area contributed by atoms with Gasteiger partial charge in [0.1, 0.15) is 5.75 Å². The molecule has 0 unspecified atom stereocenters. The van der Waals surface area contributed by atoms with Crippen LogP contribution in [0.5, 0.6) is 11.5 Å². The Morgan fingerprint density at radius 1 is 1.26 bits per heavy atom. The quantitative estimate of drug-likeness (QED) is 0.584. The van der Waals surface area contributed by atoms with Gasteiger partial charge in [0.05, 0.1) is 17.7 Å². The largest absolute Gasteiger partial charge is 0.490 e. The Morgan fingerprint density at radius 2 is 2.04 bits per heavy atom. The minimum absolute atomic E-state index is 0.0253. The minimum Gasteiger partial charge on any atom is -0.490 e. The summed E-state index contributed by atoms with van der Waals surface area (Å²) in [5.41, 5.74) is 0.684. The standard InChI is InChI=1S/C18H16F2N2O5/c1-26-14-8-7-12(10-13(14)22(24)25)17(23)21-9-3-5-11-4-2-6-15(16(11)21)27-18(19)20/h2,4,6-8,10,18H,3,5,9H2,1H3. The van der Waals surface area contributed by atoms with Crippen LogP contribution in [0.1, 0.15) is 22.3 Å². The van der Waals surface area contributed by atoms with Crippen LogP contribution in [-0.4, -0.2) is 31.1 Å². The van der Waals surface area contributed by atoms with Gasteiger partial charge in [-0.1, -0.05) is 12.1 Å². The molecule has 0 aliphatic carbocycles. The molecule has 0 bridgehead atoms. The molecule has 3 rings (SSSR count). The molecule has 142 valence electrons. The van der Waals surface area contributed by atoms with Crippen molar-refractivity contribution in [3.05, 3.63) is 57.6 Å². The molecule has 0 radical (unpaired) electrons. The van der Waals surface area contributed by atoms with E-state index in [-0.39, 0.29) is 35.0 Å². The molecule has 2 aromatic rings. The number of nitro groups is 1. The Morgan fingerprint density at radius 3 is 2.70 bits per heavy atom.